The Kier molecular flexibility index (Phi) is 6.38. The number of benzene rings is 2. The first-order valence-electron chi connectivity index (χ1n) is 10.4. The number of anilines is 1. The van der Waals surface area contributed by atoms with E-state index in [0.29, 0.717) is 22.3 Å². The van der Waals surface area contributed by atoms with Crippen LogP contribution >= 0.6 is 0 Å². The van der Waals surface area contributed by atoms with Gasteiger partial charge in [0.2, 0.25) is 5.75 Å². The van der Waals surface area contributed by atoms with Gasteiger partial charge in [0, 0.05) is 19.4 Å². The number of nitriles is 2. The van der Waals surface area contributed by atoms with Gasteiger partial charge in [0.05, 0.1) is 29.5 Å². The van der Waals surface area contributed by atoms with Crippen molar-refractivity contribution in [1.82, 2.24) is 14.7 Å². The first kappa shape index (κ1) is 23.0. The molecule has 0 aliphatic heterocycles. The molecule has 4 aromatic rings. The van der Waals surface area contributed by atoms with Crippen LogP contribution in [0.25, 0.3) is 0 Å². The molecular formula is C25H18N6O4. The molecule has 4 rings (SSSR count). The molecule has 10 nitrogen and oxygen atoms in total. The van der Waals surface area contributed by atoms with Gasteiger partial charge in [-0.05, 0) is 23.3 Å². The Morgan fingerprint density at radius 3 is 2.26 bits per heavy atom. The third-order valence-electron chi connectivity index (χ3n) is 5.56. The van der Waals surface area contributed by atoms with E-state index in [9.17, 15) is 25.2 Å². The highest BCUT2D eigenvalue weighted by Gasteiger charge is 2.26. The molecule has 0 saturated carbocycles. The average molecular weight is 466 g/mol. The van der Waals surface area contributed by atoms with E-state index in [1.165, 1.54) is 19.5 Å². The van der Waals surface area contributed by atoms with Crippen molar-refractivity contribution in [2.75, 3.05) is 5.32 Å². The second-order valence-electron chi connectivity index (χ2n) is 7.61. The Labute approximate surface area is 199 Å². The van der Waals surface area contributed by atoms with Crippen molar-refractivity contribution in [3.05, 3.63) is 105 Å². The van der Waals surface area contributed by atoms with Crippen molar-refractivity contribution in [3.8, 4) is 17.9 Å². The first-order valence-corrected chi connectivity index (χ1v) is 10.4. The number of nitrogens with zero attached hydrogens (tertiary/aromatic N) is 5. The molecule has 2 heterocycles. The largest absolute Gasteiger partial charge is 0.501 e. The maximum absolute atomic E-state index is 12.8. The lowest BCUT2D eigenvalue weighted by Crippen LogP contribution is -2.28. The van der Waals surface area contributed by atoms with E-state index in [1.54, 1.807) is 48.5 Å². The van der Waals surface area contributed by atoms with Crippen molar-refractivity contribution in [3.63, 3.8) is 0 Å². The minimum Gasteiger partial charge on any atom is -0.501 e. The Morgan fingerprint density at radius 1 is 1.11 bits per heavy atom. The standard InChI is InChI=1S/C25H18N6O4/c1-31-21(30-22(23(32)25(31)34)24(33)29-17-13-28-35-14-17)10-20(18-8-4-2-6-15(18)11-26)19-9-5-3-7-16(19)12-27/h2-9,13-14,20,32H,10H2,1H3,(H,29,33). The van der Waals surface area contributed by atoms with Gasteiger partial charge >= 0.3 is 0 Å². The maximum atomic E-state index is 12.8. The van der Waals surface area contributed by atoms with E-state index in [2.05, 4.69) is 32.1 Å². The van der Waals surface area contributed by atoms with E-state index in [4.69, 9.17) is 0 Å². The monoisotopic (exact) mass is 466 g/mol. The molecule has 0 bridgehead atoms. The van der Waals surface area contributed by atoms with Crippen molar-refractivity contribution < 1.29 is 14.4 Å². The van der Waals surface area contributed by atoms with Crippen LogP contribution in [0.5, 0.6) is 5.75 Å². The zero-order valence-electron chi connectivity index (χ0n) is 18.5. The number of hydrogen-bond acceptors (Lipinski definition) is 8. The lowest BCUT2D eigenvalue weighted by Gasteiger charge is -2.21. The summed E-state index contributed by atoms with van der Waals surface area (Å²) in [4.78, 5) is 29.8. The van der Waals surface area contributed by atoms with Crippen LogP contribution in [0.4, 0.5) is 5.69 Å². The molecule has 0 atom stereocenters. The van der Waals surface area contributed by atoms with Crippen LogP contribution in [0.2, 0.25) is 0 Å². The Hall–Kier alpha value is -5.22. The van der Waals surface area contributed by atoms with E-state index in [0.717, 1.165) is 4.57 Å². The van der Waals surface area contributed by atoms with Gasteiger partial charge in [-0.2, -0.15) is 10.5 Å². The SMILES string of the molecule is Cn1c(CC(c2ccccc2C#N)c2ccccc2C#N)nc(C(=O)Nc2cnoc2)c(O)c1=O. The summed E-state index contributed by atoms with van der Waals surface area (Å²) in [6, 6.07) is 18.2. The van der Waals surface area contributed by atoms with E-state index >= 15 is 0 Å². The van der Waals surface area contributed by atoms with Gasteiger partial charge in [-0.15, -0.1) is 0 Å². The summed E-state index contributed by atoms with van der Waals surface area (Å²) in [5.41, 5.74) is 1.02. The molecule has 172 valence electrons. The predicted molar refractivity (Wildman–Crippen MR) is 123 cm³/mol. The number of hydrogen-bond donors (Lipinski definition) is 2. The van der Waals surface area contributed by atoms with Crippen LogP contribution in [-0.4, -0.2) is 25.7 Å². The lowest BCUT2D eigenvalue weighted by molar-refractivity contribution is 0.101. The topological polar surface area (TPSA) is 158 Å². The van der Waals surface area contributed by atoms with E-state index in [1.807, 2.05) is 0 Å². The molecule has 2 aromatic heterocycles. The first-order chi connectivity index (χ1) is 16.9. The molecule has 10 heteroatoms. The smallest absolute Gasteiger partial charge is 0.296 e. The molecule has 1 amide bonds. The number of aromatic hydroxyl groups is 1. The summed E-state index contributed by atoms with van der Waals surface area (Å²) in [5.74, 6) is -2.00. The number of amides is 1. The Balaban J connectivity index is 1.85. The zero-order valence-corrected chi connectivity index (χ0v) is 18.5. The van der Waals surface area contributed by atoms with Crippen molar-refractivity contribution in [2.45, 2.75) is 12.3 Å². The second-order valence-corrected chi connectivity index (χ2v) is 7.61. The highest BCUT2D eigenvalue weighted by Crippen LogP contribution is 2.32. The number of nitrogens with one attached hydrogen (secondary N) is 1. The molecular weight excluding hydrogens is 448 g/mol. The minimum atomic E-state index is -0.823. The summed E-state index contributed by atoms with van der Waals surface area (Å²) in [7, 11) is 1.43. The number of carbonyl (C=O) groups excluding carboxylic acids is 1. The number of aromatic nitrogens is 3. The Morgan fingerprint density at radius 2 is 1.71 bits per heavy atom. The second kappa shape index (κ2) is 9.73. The highest BCUT2D eigenvalue weighted by atomic mass is 16.5. The van der Waals surface area contributed by atoms with Crippen LogP contribution in [0.3, 0.4) is 0 Å². The summed E-state index contributed by atoms with van der Waals surface area (Å²) >= 11 is 0. The van der Waals surface area contributed by atoms with Crippen LogP contribution in [0, 0.1) is 22.7 Å². The summed E-state index contributed by atoms with van der Waals surface area (Å²) in [6.07, 6.45) is 2.51. The van der Waals surface area contributed by atoms with Gasteiger partial charge < -0.3 is 14.9 Å². The van der Waals surface area contributed by atoms with Gasteiger partial charge in [-0.25, -0.2) is 4.98 Å². The fraction of sp³-hybridized carbons (Fsp3) is 0.120. The van der Waals surface area contributed by atoms with Gasteiger partial charge in [-0.3, -0.25) is 14.2 Å². The lowest BCUT2D eigenvalue weighted by atomic mass is 9.83. The molecule has 0 aliphatic carbocycles. The quantitative estimate of drug-likeness (QED) is 0.439. The van der Waals surface area contributed by atoms with E-state index < -0.39 is 28.8 Å². The normalized spacial score (nSPS) is 10.5. The molecule has 0 spiro atoms. The van der Waals surface area contributed by atoms with Gasteiger partial charge in [-0.1, -0.05) is 41.6 Å². The fourth-order valence-electron chi connectivity index (χ4n) is 3.81. The number of carbonyl (C=O) groups is 1. The molecule has 35 heavy (non-hydrogen) atoms. The van der Waals surface area contributed by atoms with Crippen LogP contribution < -0.4 is 10.9 Å². The summed E-state index contributed by atoms with van der Waals surface area (Å²) in [5, 5.41) is 35.7. The minimum absolute atomic E-state index is 0.0664. The average Bonchev–Trinajstić information content (AvgIpc) is 3.40. The van der Waals surface area contributed by atoms with Crippen LogP contribution in [-0.2, 0) is 13.5 Å². The van der Waals surface area contributed by atoms with Crippen molar-refractivity contribution in [1.29, 1.82) is 10.5 Å². The third kappa shape index (κ3) is 4.49. The van der Waals surface area contributed by atoms with Gasteiger partial charge in [0.1, 0.15) is 17.8 Å². The molecule has 0 unspecified atom stereocenters. The molecule has 2 aromatic carbocycles. The molecule has 0 radical (unpaired) electrons. The molecule has 0 aliphatic rings. The number of rotatable bonds is 6. The zero-order chi connectivity index (χ0) is 24.9. The predicted octanol–water partition coefficient (Wildman–Crippen LogP) is 2.84. The summed E-state index contributed by atoms with van der Waals surface area (Å²) < 4.78 is 5.82. The van der Waals surface area contributed by atoms with Crippen molar-refractivity contribution >= 4 is 11.6 Å². The third-order valence-corrected chi connectivity index (χ3v) is 5.56. The molecule has 0 saturated heterocycles. The fourth-order valence-corrected chi connectivity index (χ4v) is 3.81. The van der Waals surface area contributed by atoms with E-state index in [-0.39, 0.29) is 17.9 Å². The Bertz CT molecular complexity index is 1490. The van der Waals surface area contributed by atoms with Crippen LogP contribution in [0.15, 0.2) is 70.3 Å². The van der Waals surface area contributed by atoms with Crippen molar-refractivity contribution in [2.24, 2.45) is 7.05 Å². The summed E-state index contributed by atoms with van der Waals surface area (Å²) in [6.45, 7) is 0. The molecule has 2 N–H and O–H groups in total. The van der Waals surface area contributed by atoms with Gasteiger partial charge in [0.25, 0.3) is 11.5 Å². The molecule has 0 fully saturated rings. The maximum Gasteiger partial charge on any atom is 0.296 e. The van der Waals surface area contributed by atoms with Crippen LogP contribution in [0.1, 0.15) is 44.5 Å². The highest BCUT2D eigenvalue weighted by molar-refractivity contribution is 6.04. The van der Waals surface area contributed by atoms with Gasteiger partial charge in [0.15, 0.2) is 5.69 Å².